The van der Waals surface area contributed by atoms with Gasteiger partial charge >= 0.3 is 6.03 Å². The first-order valence-electron chi connectivity index (χ1n) is 5.48. The molecule has 2 amide bonds. The molecule has 0 aliphatic rings. The maximum absolute atomic E-state index is 11.7. The van der Waals surface area contributed by atoms with Gasteiger partial charge in [-0.1, -0.05) is 11.3 Å². The number of hydrogen-bond acceptors (Lipinski definition) is 5. The van der Waals surface area contributed by atoms with Crippen molar-refractivity contribution in [3.8, 4) is 0 Å². The zero-order chi connectivity index (χ0) is 13.1. The van der Waals surface area contributed by atoms with E-state index in [1.807, 2.05) is 32.9 Å². The van der Waals surface area contributed by atoms with Crippen LogP contribution in [0.3, 0.4) is 0 Å². The predicted molar refractivity (Wildman–Crippen MR) is 68.7 cm³/mol. The molecular weight excluding hydrogens is 252 g/mol. The first kappa shape index (κ1) is 12.6. The maximum Gasteiger partial charge on any atom is 0.321 e. The van der Waals surface area contributed by atoms with Gasteiger partial charge in [-0.2, -0.15) is 0 Å². The summed E-state index contributed by atoms with van der Waals surface area (Å²) in [7, 11) is 0. The molecule has 0 aromatic carbocycles. The van der Waals surface area contributed by atoms with Crippen LogP contribution >= 0.6 is 11.3 Å². The van der Waals surface area contributed by atoms with Gasteiger partial charge in [-0.05, 0) is 32.9 Å². The molecule has 6 nitrogen and oxygen atoms in total. The van der Waals surface area contributed by atoms with Gasteiger partial charge in [-0.25, -0.2) is 4.79 Å². The fourth-order valence-electron chi connectivity index (χ4n) is 1.43. The van der Waals surface area contributed by atoms with Crippen LogP contribution in [0.2, 0.25) is 0 Å². The molecule has 2 aromatic rings. The maximum atomic E-state index is 11.7. The van der Waals surface area contributed by atoms with Gasteiger partial charge in [0.15, 0.2) is 0 Å². The Bertz CT molecular complexity index is 549. The van der Waals surface area contributed by atoms with E-state index in [1.165, 1.54) is 11.3 Å². The van der Waals surface area contributed by atoms with E-state index in [1.54, 1.807) is 0 Å². The fraction of sp³-hybridized carbons (Fsp3) is 0.364. The minimum absolute atomic E-state index is 0.201. The van der Waals surface area contributed by atoms with Gasteiger partial charge in [-0.15, -0.1) is 10.2 Å². The van der Waals surface area contributed by atoms with Gasteiger partial charge in [0.2, 0.25) is 5.13 Å². The Morgan fingerprint density at radius 1 is 1.39 bits per heavy atom. The molecule has 1 atom stereocenters. The lowest BCUT2D eigenvalue weighted by molar-refractivity contribution is 0.247. The highest BCUT2D eigenvalue weighted by Crippen LogP contribution is 2.17. The molecular formula is C11H14N4O2S. The number of urea groups is 1. The summed E-state index contributed by atoms with van der Waals surface area (Å²) in [5.41, 5.74) is 0. The van der Waals surface area contributed by atoms with Gasteiger partial charge in [-0.3, -0.25) is 5.32 Å². The van der Waals surface area contributed by atoms with E-state index in [-0.39, 0.29) is 12.1 Å². The molecule has 0 saturated carbocycles. The fourth-order valence-corrected chi connectivity index (χ4v) is 2.02. The molecule has 2 N–H and O–H groups in total. The molecule has 0 aliphatic carbocycles. The highest BCUT2D eigenvalue weighted by atomic mass is 32.1. The SMILES string of the molecule is Cc1ccc(C(C)NC(=O)Nc2nnc(C)s2)o1. The molecule has 0 bridgehead atoms. The van der Waals surface area contributed by atoms with E-state index in [4.69, 9.17) is 4.42 Å². The van der Waals surface area contributed by atoms with Gasteiger partial charge in [0.1, 0.15) is 16.5 Å². The predicted octanol–water partition coefficient (Wildman–Crippen LogP) is 2.63. The second-order valence-electron chi connectivity index (χ2n) is 3.89. The summed E-state index contributed by atoms with van der Waals surface area (Å²) in [6, 6.07) is 3.18. The van der Waals surface area contributed by atoms with Gasteiger partial charge in [0.05, 0.1) is 6.04 Å². The van der Waals surface area contributed by atoms with Crippen LogP contribution in [0.1, 0.15) is 29.5 Å². The van der Waals surface area contributed by atoms with Crippen molar-refractivity contribution < 1.29 is 9.21 Å². The van der Waals surface area contributed by atoms with E-state index in [0.717, 1.165) is 16.5 Å². The summed E-state index contributed by atoms with van der Waals surface area (Å²) in [6.07, 6.45) is 0. The first-order valence-corrected chi connectivity index (χ1v) is 6.30. The number of aryl methyl sites for hydroxylation is 2. The number of rotatable bonds is 3. The number of nitrogens with one attached hydrogen (secondary N) is 2. The number of hydrogen-bond donors (Lipinski definition) is 2. The molecule has 2 heterocycles. The lowest BCUT2D eigenvalue weighted by Gasteiger charge is -2.11. The molecule has 1 unspecified atom stereocenters. The number of furan rings is 1. The van der Waals surface area contributed by atoms with Crippen molar-refractivity contribution in [2.24, 2.45) is 0 Å². The van der Waals surface area contributed by atoms with Crippen LogP contribution in [0.25, 0.3) is 0 Å². The third kappa shape index (κ3) is 3.07. The smallest absolute Gasteiger partial charge is 0.321 e. The minimum atomic E-state index is -0.326. The van der Waals surface area contributed by atoms with Crippen LogP contribution in [0.4, 0.5) is 9.93 Å². The van der Waals surface area contributed by atoms with Crippen molar-refractivity contribution in [2.75, 3.05) is 5.32 Å². The zero-order valence-corrected chi connectivity index (χ0v) is 11.2. The van der Waals surface area contributed by atoms with Crippen LogP contribution in [0, 0.1) is 13.8 Å². The monoisotopic (exact) mass is 266 g/mol. The van der Waals surface area contributed by atoms with E-state index in [0.29, 0.717) is 5.13 Å². The number of amides is 2. The molecule has 0 fully saturated rings. The summed E-state index contributed by atoms with van der Waals surface area (Å²) in [5, 5.41) is 14.3. The van der Waals surface area contributed by atoms with Crippen LogP contribution < -0.4 is 10.6 Å². The molecule has 0 saturated heterocycles. The molecule has 0 aliphatic heterocycles. The second-order valence-corrected chi connectivity index (χ2v) is 5.08. The molecule has 0 spiro atoms. The van der Waals surface area contributed by atoms with Crippen molar-refractivity contribution in [1.29, 1.82) is 0 Å². The molecule has 2 rings (SSSR count). The number of nitrogens with zero attached hydrogens (tertiary/aromatic N) is 2. The molecule has 18 heavy (non-hydrogen) atoms. The summed E-state index contributed by atoms with van der Waals surface area (Å²) >= 11 is 1.33. The highest BCUT2D eigenvalue weighted by molar-refractivity contribution is 7.15. The van der Waals surface area contributed by atoms with Crippen molar-refractivity contribution in [3.05, 3.63) is 28.7 Å². The van der Waals surface area contributed by atoms with E-state index < -0.39 is 0 Å². The minimum Gasteiger partial charge on any atom is -0.464 e. The average molecular weight is 266 g/mol. The summed E-state index contributed by atoms with van der Waals surface area (Å²) < 4.78 is 5.43. The molecule has 2 aromatic heterocycles. The Kier molecular flexibility index (Phi) is 3.61. The third-order valence-electron chi connectivity index (χ3n) is 2.28. The van der Waals surface area contributed by atoms with E-state index >= 15 is 0 Å². The number of carbonyl (C=O) groups excluding carboxylic acids is 1. The Morgan fingerprint density at radius 2 is 2.17 bits per heavy atom. The normalized spacial score (nSPS) is 12.2. The standard InChI is InChI=1S/C11H14N4O2S/c1-6-4-5-9(17-6)7(2)12-10(16)13-11-15-14-8(3)18-11/h4-5,7H,1-3H3,(H2,12,13,15,16). The van der Waals surface area contributed by atoms with Crippen LogP contribution in [-0.4, -0.2) is 16.2 Å². The Labute approximate surface area is 108 Å². The third-order valence-corrected chi connectivity index (χ3v) is 3.04. The van der Waals surface area contributed by atoms with Crippen molar-refractivity contribution in [3.63, 3.8) is 0 Å². The highest BCUT2D eigenvalue weighted by Gasteiger charge is 2.13. The van der Waals surface area contributed by atoms with Crippen LogP contribution in [0.5, 0.6) is 0 Å². The number of carbonyl (C=O) groups is 1. The van der Waals surface area contributed by atoms with Gasteiger partial charge in [0.25, 0.3) is 0 Å². The summed E-state index contributed by atoms with van der Waals surface area (Å²) in [6.45, 7) is 5.54. The van der Waals surface area contributed by atoms with Gasteiger partial charge < -0.3 is 9.73 Å². The van der Waals surface area contributed by atoms with Crippen LogP contribution in [-0.2, 0) is 0 Å². The Hall–Kier alpha value is -1.89. The average Bonchev–Trinajstić information content (AvgIpc) is 2.87. The van der Waals surface area contributed by atoms with E-state index in [9.17, 15) is 4.79 Å². The first-order chi connectivity index (χ1) is 8.54. The topological polar surface area (TPSA) is 80.0 Å². The van der Waals surface area contributed by atoms with Gasteiger partial charge in [0, 0.05) is 0 Å². The Balaban J connectivity index is 1.91. The second kappa shape index (κ2) is 5.18. The lowest BCUT2D eigenvalue weighted by atomic mass is 10.2. The Morgan fingerprint density at radius 3 is 2.72 bits per heavy atom. The summed E-state index contributed by atoms with van der Waals surface area (Å²) in [4.78, 5) is 11.7. The quantitative estimate of drug-likeness (QED) is 0.895. The van der Waals surface area contributed by atoms with Crippen LogP contribution in [0.15, 0.2) is 16.5 Å². The summed E-state index contributed by atoms with van der Waals surface area (Å²) in [5.74, 6) is 1.54. The number of aromatic nitrogens is 2. The van der Waals surface area contributed by atoms with Crippen molar-refractivity contribution in [1.82, 2.24) is 15.5 Å². The van der Waals surface area contributed by atoms with Crippen molar-refractivity contribution in [2.45, 2.75) is 26.8 Å². The molecule has 7 heteroatoms. The molecule has 0 radical (unpaired) electrons. The molecule has 96 valence electrons. The lowest BCUT2D eigenvalue weighted by Crippen LogP contribution is -2.30. The number of anilines is 1. The van der Waals surface area contributed by atoms with Crippen molar-refractivity contribution >= 4 is 22.5 Å². The van der Waals surface area contributed by atoms with E-state index in [2.05, 4.69) is 20.8 Å². The zero-order valence-electron chi connectivity index (χ0n) is 10.4. The largest absolute Gasteiger partial charge is 0.464 e.